The molecular formula is C25H20F3N5O2. The standard InChI is InChI=1S/C25H20F3N5O2/c1-34-19-9-10-20-21(14-19)29-12-11-22(20)35-18-7-5-17(6-8-18)30-24-31-23(32-33-24)15-3-2-4-16(13-15)25(26,27)28/h2-10,12-14,22H,11H2,1H3,(H2,30,31,32,33). The van der Waals surface area contributed by atoms with E-state index in [1.165, 1.54) is 12.1 Å². The van der Waals surface area contributed by atoms with E-state index in [1.54, 1.807) is 7.11 Å². The molecule has 0 bridgehead atoms. The molecule has 0 radical (unpaired) electrons. The van der Waals surface area contributed by atoms with E-state index in [2.05, 4.69) is 25.5 Å². The average Bonchev–Trinajstić information content (AvgIpc) is 3.33. The van der Waals surface area contributed by atoms with Crippen molar-refractivity contribution in [3.05, 3.63) is 77.9 Å². The van der Waals surface area contributed by atoms with Gasteiger partial charge in [0.1, 0.15) is 17.6 Å². The van der Waals surface area contributed by atoms with Crippen LogP contribution >= 0.6 is 0 Å². The number of H-pyrrole nitrogens is 1. The molecule has 1 aliphatic heterocycles. The maximum atomic E-state index is 13.0. The van der Waals surface area contributed by atoms with Gasteiger partial charge >= 0.3 is 6.18 Å². The van der Waals surface area contributed by atoms with Crippen molar-refractivity contribution in [1.29, 1.82) is 0 Å². The molecule has 7 nitrogen and oxygen atoms in total. The van der Waals surface area contributed by atoms with E-state index in [0.29, 0.717) is 17.9 Å². The fraction of sp³-hybridized carbons (Fsp3) is 0.160. The van der Waals surface area contributed by atoms with E-state index in [4.69, 9.17) is 9.47 Å². The SMILES string of the molecule is COc1ccc2c(c1)N=CCC2Oc1ccc(Nc2n[nH]c(-c3cccc(C(F)(F)F)c3)n2)cc1. The predicted molar refractivity (Wildman–Crippen MR) is 126 cm³/mol. The topological polar surface area (TPSA) is 84.4 Å². The van der Waals surface area contributed by atoms with Gasteiger partial charge in [-0.25, -0.2) is 0 Å². The van der Waals surface area contributed by atoms with Crippen molar-refractivity contribution in [3.63, 3.8) is 0 Å². The van der Waals surface area contributed by atoms with Crippen LogP contribution in [-0.2, 0) is 6.18 Å². The number of nitrogens with zero attached hydrogens (tertiary/aromatic N) is 3. The van der Waals surface area contributed by atoms with Crippen LogP contribution in [0.15, 0.2) is 71.7 Å². The summed E-state index contributed by atoms with van der Waals surface area (Å²) in [6.07, 6.45) is -2.13. The Hall–Kier alpha value is -4.34. The molecule has 1 atom stereocenters. The summed E-state index contributed by atoms with van der Waals surface area (Å²) < 4.78 is 50.4. The van der Waals surface area contributed by atoms with E-state index in [0.717, 1.165) is 29.1 Å². The summed E-state index contributed by atoms with van der Waals surface area (Å²) in [5, 5.41) is 9.75. The number of aliphatic imine (C=N–C) groups is 1. The number of ether oxygens (including phenoxy) is 2. The smallest absolute Gasteiger partial charge is 0.416 e. The lowest BCUT2D eigenvalue weighted by Crippen LogP contribution is -2.11. The van der Waals surface area contributed by atoms with Crippen molar-refractivity contribution >= 4 is 23.5 Å². The normalized spacial score (nSPS) is 14.9. The summed E-state index contributed by atoms with van der Waals surface area (Å²) in [5.74, 6) is 1.88. The molecule has 0 saturated heterocycles. The second-order valence-electron chi connectivity index (χ2n) is 7.81. The highest BCUT2D eigenvalue weighted by atomic mass is 19.4. The molecule has 4 aromatic rings. The molecule has 1 aliphatic rings. The number of alkyl halides is 3. The number of nitrogens with one attached hydrogen (secondary N) is 2. The summed E-state index contributed by atoms with van der Waals surface area (Å²) in [5.41, 5.74) is 2.04. The van der Waals surface area contributed by atoms with Crippen molar-refractivity contribution < 1.29 is 22.6 Å². The number of hydrogen-bond donors (Lipinski definition) is 2. The third-order valence-corrected chi connectivity index (χ3v) is 5.47. The first-order valence-electron chi connectivity index (χ1n) is 10.7. The van der Waals surface area contributed by atoms with Gasteiger partial charge in [-0.2, -0.15) is 18.2 Å². The molecule has 0 aliphatic carbocycles. The van der Waals surface area contributed by atoms with Crippen LogP contribution in [0.1, 0.15) is 23.7 Å². The number of aromatic amines is 1. The Bertz CT molecular complexity index is 1370. The molecule has 10 heteroatoms. The molecule has 2 N–H and O–H groups in total. The maximum absolute atomic E-state index is 13.0. The first-order valence-corrected chi connectivity index (χ1v) is 10.7. The van der Waals surface area contributed by atoms with Gasteiger partial charge in [-0.3, -0.25) is 10.1 Å². The monoisotopic (exact) mass is 479 g/mol. The Kier molecular flexibility index (Phi) is 5.86. The van der Waals surface area contributed by atoms with Crippen LogP contribution in [0.25, 0.3) is 11.4 Å². The quantitative estimate of drug-likeness (QED) is 0.331. The number of hydrogen-bond acceptors (Lipinski definition) is 6. The van der Waals surface area contributed by atoms with Crippen LogP contribution in [0.5, 0.6) is 11.5 Å². The van der Waals surface area contributed by atoms with E-state index in [9.17, 15) is 13.2 Å². The molecule has 178 valence electrons. The molecular weight excluding hydrogens is 459 g/mol. The van der Waals surface area contributed by atoms with Crippen LogP contribution in [0, 0.1) is 0 Å². The van der Waals surface area contributed by atoms with Gasteiger partial charge < -0.3 is 14.8 Å². The Labute approximate surface area is 198 Å². The zero-order chi connectivity index (χ0) is 24.4. The Morgan fingerprint density at radius 3 is 2.57 bits per heavy atom. The predicted octanol–water partition coefficient (Wildman–Crippen LogP) is 6.47. The van der Waals surface area contributed by atoms with Gasteiger partial charge in [-0.1, -0.05) is 12.1 Å². The van der Waals surface area contributed by atoms with Gasteiger partial charge in [-0.05, 0) is 48.5 Å². The summed E-state index contributed by atoms with van der Waals surface area (Å²) in [4.78, 5) is 8.68. The Balaban J connectivity index is 1.26. The van der Waals surface area contributed by atoms with Crippen molar-refractivity contribution in [2.45, 2.75) is 18.7 Å². The van der Waals surface area contributed by atoms with Gasteiger partial charge in [0, 0.05) is 35.5 Å². The van der Waals surface area contributed by atoms with Crippen LogP contribution < -0.4 is 14.8 Å². The number of anilines is 2. The molecule has 2 heterocycles. The zero-order valence-electron chi connectivity index (χ0n) is 18.5. The molecule has 0 amide bonds. The lowest BCUT2D eigenvalue weighted by Gasteiger charge is -2.23. The van der Waals surface area contributed by atoms with Crippen LogP contribution in [0.3, 0.4) is 0 Å². The second kappa shape index (κ2) is 9.13. The molecule has 0 fully saturated rings. The number of fused-ring (bicyclic) bond motifs is 1. The minimum Gasteiger partial charge on any atom is -0.497 e. The highest BCUT2D eigenvalue weighted by molar-refractivity contribution is 5.71. The van der Waals surface area contributed by atoms with Crippen molar-refractivity contribution in [2.24, 2.45) is 4.99 Å². The molecule has 0 saturated carbocycles. The maximum Gasteiger partial charge on any atom is 0.416 e. The number of benzene rings is 3. The van der Waals surface area contributed by atoms with Crippen molar-refractivity contribution in [3.8, 4) is 22.9 Å². The molecule has 1 unspecified atom stereocenters. The molecule has 3 aromatic carbocycles. The lowest BCUT2D eigenvalue weighted by molar-refractivity contribution is -0.137. The fourth-order valence-corrected chi connectivity index (χ4v) is 3.72. The highest BCUT2D eigenvalue weighted by Crippen LogP contribution is 2.37. The largest absolute Gasteiger partial charge is 0.497 e. The van der Waals surface area contributed by atoms with E-state index < -0.39 is 11.7 Å². The van der Waals surface area contributed by atoms with Gasteiger partial charge in [0.05, 0.1) is 18.4 Å². The molecule has 35 heavy (non-hydrogen) atoms. The van der Waals surface area contributed by atoms with Crippen molar-refractivity contribution in [1.82, 2.24) is 15.2 Å². The first kappa shape index (κ1) is 22.5. The lowest BCUT2D eigenvalue weighted by atomic mass is 10.0. The summed E-state index contributed by atoms with van der Waals surface area (Å²) >= 11 is 0. The number of rotatable bonds is 6. The minimum atomic E-state index is -4.43. The number of methoxy groups -OCH3 is 1. The van der Waals surface area contributed by atoms with Gasteiger partial charge in [0.25, 0.3) is 0 Å². The van der Waals surface area contributed by atoms with E-state index >= 15 is 0 Å². The Morgan fingerprint density at radius 2 is 1.80 bits per heavy atom. The third kappa shape index (κ3) is 4.96. The summed E-state index contributed by atoms with van der Waals surface area (Å²) in [6, 6.07) is 17.9. The highest BCUT2D eigenvalue weighted by Gasteiger charge is 2.30. The van der Waals surface area contributed by atoms with Gasteiger partial charge in [0.15, 0.2) is 5.82 Å². The van der Waals surface area contributed by atoms with E-state index in [1.807, 2.05) is 48.7 Å². The summed E-state index contributed by atoms with van der Waals surface area (Å²) in [7, 11) is 1.61. The van der Waals surface area contributed by atoms with Crippen LogP contribution in [0.4, 0.5) is 30.5 Å². The zero-order valence-corrected chi connectivity index (χ0v) is 18.5. The van der Waals surface area contributed by atoms with Crippen molar-refractivity contribution in [2.75, 3.05) is 12.4 Å². The van der Waals surface area contributed by atoms with E-state index in [-0.39, 0.29) is 23.4 Å². The van der Waals surface area contributed by atoms with Crippen LogP contribution in [-0.4, -0.2) is 28.5 Å². The Morgan fingerprint density at radius 1 is 1.00 bits per heavy atom. The van der Waals surface area contributed by atoms with Crippen LogP contribution in [0.2, 0.25) is 0 Å². The van der Waals surface area contributed by atoms with Gasteiger partial charge in [-0.15, -0.1) is 5.10 Å². The average molecular weight is 479 g/mol. The molecule has 5 rings (SSSR count). The third-order valence-electron chi connectivity index (χ3n) is 5.47. The fourth-order valence-electron chi connectivity index (χ4n) is 3.72. The van der Waals surface area contributed by atoms with Gasteiger partial charge in [0.2, 0.25) is 5.95 Å². The number of aromatic nitrogens is 3. The summed E-state index contributed by atoms with van der Waals surface area (Å²) in [6.45, 7) is 0. The minimum absolute atomic E-state index is 0.171. The molecule has 0 spiro atoms. The molecule has 1 aromatic heterocycles. The first-order chi connectivity index (χ1) is 16.9. The second-order valence-corrected chi connectivity index (χ2v) is 7.81. The number of halogens is 3.